The summed E-state index contributed by atoms with van der Waals surface area (Å²) in [6, 6.07) is 14.8. The van der Waals surface area contributed by atoms with Crippen molar-refractivity contribution in [2.45, 2.75) is 19.3 Å². The molecule has 0 aliphatic rings. The van der Waals surface area contributed by atoms with Gasteiger partial charge in [0.05, 0.1) is 7.11 Å². The van der Waals surface area contributed by atoms with E-state index in [9.17, 15) is 9.90 Å². The predicted octanol–water partition coefficient (Wildman–Crippen LogP) is 3.39. The van der Waals surface area contributed by atoms with Crippen LogP contribution in [0.1, 0.15) is 23.6 Å². The molecule has 0 radical (unpaired) electrons. The van der Waals surface area contributed by atoms with Crippen molar-refractivity contribution >= 4 is 5.97 Å². The normalized spacial score (nSPS) is 13.6. The van der Waals surface area contributed by atoms with Crippen LogP contribution in [0.3, 0.4) is 0 Å². The fourth-order valence-electron chi connectivity index (χ4n) is 2.38. The van der Waals surface area contributed by atoms with Crippen LogP contribution in [0.2, 0.25) is 0 Å². The third-order valence-corrected chi connectivity index (χ3v) is 3.67. The molecule has 0 bridgehead atoms. The van der Waals surface area contributed by atoms with Crippen LogP contribution in [0.15, 0.2) is 48.5 Å². The van der Waals surface area contributed by atoms with Crippen molar-refractivity contribution < 1.29 is 14.6 Å². The van der Waals surface area contributed by atoms with Gasteiger partial charge in [-0.3, -0.25) is 4.79 Å². The highest BCUT2D eigenvalue weighted by Crippen LogP contribution is 2.38. The van der Waals surface area contributed by atoms with Gasteiger partial charge in [0.25, 0.3) is 0 Å². The molecule has 0 spiro atoms. The molecule has 0 heterocycles. The number of carbonyl (C=O) groups is 1. The number of benzene rings is 2. The molecule has 3 nitrogen and oxygen atoms in total. The first-order chi connectivity index (χ1) is 9.50. The van der Waals surface area contributed by atoms with Crippen LogP contribution in [0.25, 0.3) is 0 Å². The Hall–Kier alpha value is -2.29. The zero-order valence-corrected chi connectivity index (χ0v) is 11.9. The molecule has 2 aromatic carbocycles. The molecule has 104 valence electrons. The molecular formula is C17H18O3. The van der Waals surface area contributed by atoms with Gasteiger partial charge in [-0.05, 0) is 25.5 Å². The summed E-state index contributed by atoms with van der Waals surface area (Å²) in [5.41, 5.74) is 1.26. The average molecular weight is 270 g/mol. The number of methoxy groups -OCH3 is 1. The van der Waals surface area contributed by atoms with E-state index < -0.39 is 11.4 Å². The number of aryl methyl sites for hydroxylation is 1. The average Bonchev–Trinajstić information content (AvgIpc) is 2.47. The van der Waals surface area contributed by atoms with Gasteiger partial charge in [-0.2, -0.15) is 0 Å². The molecule has 3 heteroatoms. The molecule has 0 fully saturated rings. The lowest BCUT2D eigenvalue weighted by Gasteiger charge is -2.28. The second-order valence-corrected chi connectivity index (χ2v) is 5.00. The topological polar surface area (TPSA) is 46.5 Å². The number of ether oxygens (including phenoxy) is 1. The number of hydrogen-bond donors (Lipinski definition) is 1. The minimum atomic E-state index is -1.14. The Balaban J connectivity index is 2.72. The summed E-state index contributed by atoms with van der Waals surface area (Å²) in [5, 5.41) is 9.79. The standard InChI is InChI=1S/C17H18O3/c1-12-9-10-15(20-3)14(11-12)17(2,16(18)19)13-7-5-4-6-8-13/h4-11H,1-3H3,(H,18,19). The fourth-order valence-corrected chi connectivity index (χ4v) is 2.38. The molecule has 0 saturated heterocycles. The van der Waals surface area contributed by atoms with Crippen LogP contribution < -0.4 is 4.74 Å². The van der Waals surface area contributed by atoms with Crippen LogP contribution in [0, 0.1) is 6.92 Å². The number of aliphatic carboxylic acids is 1. The van der Waals surface area contributed by atoms with Gasteiger partial charge in [0.15, 0.2) is 0 Å². The molecular weight excluding hydrogens is 252 g/mol. The summed E-state index contributed by atoms with van der Waals surface area (Å²) < 4.78 is 5.35. The molecule has 0 saturated carbocycles. The second kappa shape index (κ2) is 5.37. The highest BCUT2D eigenvalue weighted by atomic mass is 16.5. The van der Waals surface area contributed by atoms with Gasteiger partial charge < -0.3 is 9.84 Å². The van der Waals surface area contributed by atoms with Gasteiger partial charge in [0.2, 0.25) is 0 Å². The van der Waals surface area contributed by atoms with E-state index >= 15 is 0 Å². The van der Waals surface area contributed by atoms with E-state index in [2.05, 4.69) is 0 Å². The Kier molecular flexibility index (Phi) is 3.79. The van der Waals surface area contributed by atoms with Crippen molar-refractivity contribution in [2.24, 2.45) is 0 Å². The highest BCUT2D eigenvalue weighted by molar-refractivity contribution is 5.86. The van der Waals surface area contributed by atoms with E-state index in [-0.39, 0.29) is 0 Å². The summed E-state index contributed by atoms with van der Waals surface area (Å²) in [7, 11) is 1.56. The lowest BCUT2D eigenvalue weighted by atomic mass is 9.75. The molecule has 2 rings (SSSR count). The fraction of sp³-hybridized carbons (Fsp3) is 0.235. The summed E-state index contributed by atoms with van der Waals surface area (Å²) in [6.07, 6.45) is 0. The van der Waals surface area contributed by atoms with E-state index in [1.807, 2.05) is 55.5 Å². The zero-order valence-electron chi connectivity index (χ0n) is 11.9. The Morgan fingerprint density at radius 3 is 2.35 bits per heavy atom. The van der Waals surface area contributed by atoms with Crippen molar-refractivity contribution in [2.75, 3.05) is 7.11 Å². The SMILES string of the molecule is COc1ccc(C)cc1C(C)(C(=O)O)c1ccccc1. The van der Waals surface area contributed by atoms with Gasteiger partial charge in [-0.25, -0.2) is 0 Å². The highest BCUT2D eigenvalue weighted by Gasteiger charge is 2.39. The van der Waals surface area contributed by atoms with E-state index in [1.165, 1.54) is 0 Å². The van der Waals surface area contributed by atoms with Crippen LogP contribution in [0.4, 0.5) is 0 Å². The van der Waals surface area contributed by atoms with Crippen molar-refractivity contribution in [1.29, 1.82) is 0 Å². The number of rotatable bonds is 4. The van der Waals surface area contributed by atoms with Crippen molar-refractivity contribution in [3.63, 3.8) is 0 Å². The Morgan fingerprint density at radius 2 is 1.80 bits per heavy atom. The number of carboxylic acid groups (broad SMARTS) is 1. The summed E-state index contributed by atoms with van der Waals surface area (Å²) in [4.78, 5) is 11.9. The number of hydrogen-bond acceptors (Lipinski definition) is 2. The quantitative estimate of drug-likeness (QED) is 0.926. The minimum absolute atomic E-state index is 0.587. The monoisotopic (exact) mass is 270 g/mol. The summed E-state index contributed by atoms with van der Waals surface area (Å²) in [5.74, 6) is -0.308. The van der Waals surface area contributed by atoms with Crippen molar-refractivity contribution in [3.8, 4) is 5.75 Å². The molecule has 0 aliphatic heterocycles. The third-order valence-electron chi connectivity index (χ3n) is 3.67. The molecule has 20 heavy (non-hydrogen) atoms. The largest absolute Gasteiger partial charge is 0.496 e. The lowest BCUT2D eigenvalue weighted by Crippen LogP contribution is -2.34. The maximum atomic E-state index is 11.9. The Labute approximate surface area is 118 Å². The molecule has 0 aromatic heterocycles. The molecule has 1 atom stereocenters. The first kappa shape index (κ1) is 14.1. The summed E-state index contributed by atoms with van der Waals surface area (Å²) >= 11 is 0. The van der Waals surface area contributed by atoms with Crippen LogP contribution in [-0.4, -0.2) is 18.2 Å². The predicted molar refractivity (Wildman–Crippen MR) is 78.3 cm³/mol. The summed E-state index contributed by atoms with van der Waals surface area (Å²) in [6.45, 7) is 3.65. The maximum Gasteiger partial charge on any atom is 0.318 e. The van der Waals surface area contributed by atoms with Crippen LogP contribution in [-0.2, 0) is 10.2 Å². The molecule has 1 unspecified atom stereocenters. The first-order valence-corrected chi connectivity index (χ1v) is 6.44. The lowest BCUT2D eigenvalue weighted by molar-refractivity contribution is -0.141. The van der Waals surface area contributed by atoms with Gasteiger partial charge in [-0.1, -0.05) is 48.0 Å². The van der Waals surface area contributed by atoms with Crippen molar-refractivity contribution in [3.05, 3.63) is 65.2 Å². The van der Waals surface area contributed by atoms with E-state index in [4.69, 9.17) is 4.74 Å². The molecule has 0 amide bonds. The Morgan fingerprint density at radius 1 is 1.15 bits per heavy atom. The third kappa shape index (κ3) is 2.27. The maximum absolute atomic E-state index is 11.9. The van der Waals surface area contributed by atoms with E-state index in [1.54, 1.807) is 14.0 Å². The van der Waals surface area contributed by atoms with Gasteiger partial charge >= 0.3 is 5.97 Å². The zero-order chi connectivity index (χ0) is 14.8. The minimum Gasteiger partial charge on any atom is -0.496 e. The van der Waals surface area contributed by atoms with E-state index in [0.29, 0.717) is 11.3 Å². The van der Waals surface area contributed by atoms with Gasteiger partial charge in [0, 0.05) is 5.56 Å². The smallest absolute Gasteiger partial charge is 0.318 e. The Bertz CT molecular complexity index is 619. The molecule has 1 N–H and O–H groups in total. The van der Waals surface area contributed by atoms with Gasteiger partial charge in [0.1, 0.15) is 11.2 Å². The second-order valence-electron chi connectivity index (χ2n) is 5.00. The molecule has 0 aliphatic carbocycles. The van der Waals surface area contributed by atoms with Crippen molar-refractivity contribution in [1.82, 2.24) is 0 Å². The number of carboxylic acids is 1. The first-order valence-electron chi connectivity index (χ1n) is 6.44. The van der Waals surface area contributed by atoms with E-state index in [0.717, 1.165) is 11.1 Å². The van der Waals surface area contributed by atoms with Crippen LogP contribution >= 0.6 is 0 Å². The van der Waals surface area contributed by atoms with Crippen LogP contribution in [0.5, 0.6) is 5.75 Å². The van der Waals surface area contributed by atoms with Gasteiger partial charge in [-0.15, -0.1) is 0 Å². The molecule has 2 aromatic rings.